The molecule has 0 aliphatic carbocycles. The smallest absolute Gasteiger partial charge is 0.197 e. The molecule has 0 saturated carbocycles. The van der Waals surface area contributed by atoms with E-state index in [-0.39, 0.29) is 27.9 Å². The number of fused-ring (bicyclic) bond motifs is 1. The Balaban J connectivity index is 1.97. The first-order chi connectivity index (χ1) is 15.1. The van der Waals surface area contributed by atoms with Crippen molar-refractivity contribution in [3.05, 3.63) is 46.1 Å². The van der Waals surface area contributed by atoms with Gasteiger partial charge in [0.25, 0.3) is 0 Å². The Labute approximate surface area is 179 Å². The molecule has 11 nitrogen and oxygen atoms in total. The number of phenols is 4. The molecule has 170 valence electrons. The number of ether oxygens (including phenoxy) is 1. The van der Waals surface area contributed by atoms with Gasteiger partial charge in [-0.2, -0.15) is 0 Å². The van der Waals surface area contributed by atoms with Gasteiger partial charge < -0.3 is 50.0 Å². The van der Waals surface area contributed by atoms with Crippen LogP contribution in [0.1, 0.15) is 11.7 Å². The minimum absolute atomic E-state index is 0.117. The van der Waals surface area contributed by atoms with E-state index in [0.717, 1.165) is 24.3 Å². The maximum atomic E-state index is 12.8. The van der Waals surface area contributed by atoms with Crippen LogP contribution in [0.25, 0.3) is 22.3 Å². The first kappa shape index (κ1) is 21.9. The van der Waals surface area contributed by atoms with Gasteiger partial charge in [0.15, 0.2) is 22.5 Å². The van der Waals surface area contributed by atoms with Crippen LogP contribution in [-0.2, 0) is 4.74 Å². The maximum Gasteiger partial charge on any atom is 0.197 e. The zero-order valence-corrected chi connectivity index (χ0v) is 16.3. The highest BCUT2D eigenvalue weighted by Crippen LogP contribution is 2.44. The van der Waals surface area contributed by atoms with E-state index in [4.69, 9.17) is 9.15 Å². The number of phenolic OH excluding ortho intramolecular Hbond substituents is 4. The summed E-state index contributed by atoms with van der Waals surface area (Å²) < 4.78 is 11.2. The number of benzene rings is 2. The molecule has 1 saturated heterocycles. The van der Waals surface area contributed by atoms with Gasteiger partial charge in [0.2, 0.25) is 0 Å². The highest BCUT2D eigenvalue weighted by Gasteiger charge is 2.46. The molecule has 0 spiro atoms. The summed E-state index contributed by atoms with van der Waals surface area (Å²) in [5.41, 5.74) is -1.27. The van der Waals surface area contributed by atoms with Gasteiger partial charge in [-0.05, 0) is 18.2 Å². The van der Waals surface area contributed by atoms with E-state index in [0.29, 0.717) is 0 Å². The van der Waals surface area contributed by atoms with Gasteiger partial charge in [0, 0.05) is 17.7 Å². The molecule has 5 atom stereocenters. The Morgan fingerprint density at radius 3 is 2.19 bits per heavy atom. The summed E-state index contributed by atoms with van der Waals surface area (Å²) in [6.45, 7) is -0.722. The summed E-state index contributed by atoms with van der Waals surface area (Å²) in [6, 6.07) is 5.47. The molecule has 1 aliphatic heterocycles. The summed E-state index contributed by atoms with van der Waals surface area (Å²) in [5.74, 6) is -2.28. The lowest BCUT2D eigenvalue weighted by molar-refractivity contribution is -0.231. The van der Waals surface area contributed by atoms with Crippen molar-refractivity contribution in [2.24, 2.45) is 0 Å². The average Bonchev–Trinajstić information content (AvgIpc) is 2.74. The van der Waals surface area contributed by atoms with E-state index in [1.807, 2.05) is 0 Å². The first-order valence-electron chi connectivity index (χ1n) is 9.49. The van der Waals surface area contributed by atoms with Crippen LogP contribution in [0.15, 0.2) is 39.5 Å². The second-order valence-electron chi connectivity index (χ2n) is 7.46. The number of hydrogen-bond donors (Lipinski definition) is 8. The Morgan fingerprint density at radius 2 is 1.53 bits per heavy atom. The summed E-state index contributed by atoms with van der Waals surface area (Å²) in [5, 5.41) is 79.7. The predicted molar refractivity (Wildman–Crippen MR) is 107 cm³/mol. The van der Waals surface area contributed by atoms with Crippen LogP contribution in [0.4, 0.5) is 0 Å². The van der Waals surface area contributed by atoms with E-state index in [2.05, 4.69) is 0 Å². The average molecular weight is 448 g/mol. The molecule has 8 N–H and O–H groups in total. The van der Waals surface area contributed by atoms with Crippen molar-refractivity contribution < 1.29 is 50.0 Å². The highest BCUT2D eigenvalue weighted by atomic mass is 16.5. The molecule has 1 aliphatic rings. The lowest BCUT2D eigenvalue weighted by Crippen LogP contribution is -2.55. The third-order valence-corrected chi connectivity index (χ3v) is 5.43. The molecule has 0 radical (unpaired) electrons. The maximum absolute atomic E-state index is 12.8. The fourth-order valence-electron chi connectivity index (χ4n) is 3.76. The molecule has 2 heterocycles. The number of aliphatic hydroxyl groups is 4. The van der Waals surface area contributed by atoms with Crippen LogP contribution >= 0.6 is 0 Å². The van der Waals surface area contributed by atoms with Crippen molar-refractivity contribution >= 4 is 11.0 Å². The van der Waals surface area contributed by atoms with Crippen molar-refractivity contribution in [1.82, 2.24) is 0 Å². The van der Waals surface area contributed by atoms with Crippen LogP contribution in [0, 0.1) is 0 Å². The largest absolute Gasteiger partial charge is 0.507 e. The molecule has 3 aromatic rings. The van der Waals surface area contributed by atoms with Gasteiger partial charge in [-0.15, -0.1) is 0 Å². The van der Waals surface area contributed by atoms with Crippen LogP contribution in [0.3, 0.4) is 0 Å². The molecular weight excluding hydrogens is 428 g/mol. The molecule has 11 heteroatoms. The van der Waals surface area contributed by atoms with Crippen molar-refractivity contribution in [3.63, 3.8) is 0 Å². The monoisotopic (exact) mass is 448 g/mol. The van der Waals surface area contributed by atoms with Crippen molar-refractivity contribution in [2.75, 3.05) is 6.61 Å². The van der Waals surface area contributed by atoms with Gasteiger partial charge in [0.1, 0.15) is 53.2 Å². The van der Waals surface area contributed by atoms with E-state index in [1.54, 1.807) is 0 Å². The Bertz CT molecular complexity index is 1230. The standard InChI is InChI=1S/C21H20O11/c22-6-14-17(28)18(29)19(30)21(32-14)16-11(26)4-10(25)15-12(27)5-13(31-20(15)16)7-1-2-8(23)9(24)3-7/h1-5,14,17-19,21-26,28-30H,6H2/t14-,17+,18-,19-,21-/m1/s1. The molecule has 0 unspecified atom stereocenters. The Kier molecular flexibility index (Phi) is 5.44. The number of aromatic hydroxyl groups is 4. The Morgan fingerprint density at radius 1 is 0.812 bits per heavy atom. The van der Waals surface area contributed by atoms with E-state index in [9.17, 15) is 45.6 Å². The number of rotatable bonds is 3. The third-order valence-electron chi connectivity index (χ3n) is 5.43. The van der Waals surface area contributed by atoms with Gasteiger partial charge in [-0.1, -0.05) is 0 Å². The first-order valence-corrected chi connectivity index (χ1v) is 9.49. The lowest BCUT2D eigenvalue weighted by atomic mass is 9.89. The minimum Gasteiger partial charge on any atom is -0.507 e. The van der Waals surface area contributed by atoms with Crippen molar-refractivity contribution in [3.8, 4) is 34.3 Å². The molecule has 0 amide bonds. The molecular formula is C21H20O11. The Hall–Kier alpha value is -3.35. The summed E-state index contributed by atoms with van der Waals surface area (Å²) >= 11 is 0. The van der Waals surface area contributed by atoms with Gasteiger partial charge in [-0.3, -0.25) is 4.79 Å². The summed E-state index contributed by atoms with van der Waals surface area (Å²) in [4.78, 5) is 12.8. The minimum atomic E-state index is -1.79. The highest BCUT2D eigenvalue weighted by molar-refractivity contribution is 5.89. The van der Waals surface area contributed by atoms with Crippen LogP contribution in [-0.4, -0.2) is 71.9 Å². The molecule has 0 bridgehead atoms. The van der Waals surface area contributed by atoms with Gasteiger partial charge in [-0.25, -0.2) is 0 Å². The fraction of sp³-hybridized carbons (Fsp3) is 0.286. The second-order valence-corrected chi connectivity index (χ2v) is 7.46. The van der Waals surface area contributed by atoms with Crippen LogP contribution in [0.5, 0.6) is 23.0 Å². The number of hydrogen-bond acceptors (Lipinski definition) is 11. The van der Waals surface area contributed by atoms with E-state index >= 15 is 0 Å². The fourth-order valence-corrected chi connectivity index (χ4v) is 3.76. The van der Waals surface area contributed by atoms with E-state index in [1.165, 1.54) is 6.07 Å². The molecule has 1 aromatic heterocycles. The molecule has 32 heavy (non-hydrogen) atoms. The zero-order chi connectivity index (χ0) is 23.3. The molecule has 2 aromatic carbocycles. The van der Waals surface area contributed by atoms with Gasteiger partial charge in [0.05, 0.1) is 12.2 Å². The summed E-state index contributed by atoms with van der Waals surface area (Å²) in [6.07, 6.45) is -8.07. The number of aliphatic hydroxyl groups excluding tert-OH is 4. The second kappa shape index (κ2) is 7.97. The molecule has 4 rings (SSSR count). The van der Waals surface area contributed by atoms with Crippen LogP contribution in [0.2, 0.25) is 0 Å². The third kappa shape index (κ3) is 3.42. The quantitative estimate of drug-likeness (QED) is 0.247. The molecule has 1 fully saturated rings. The van der Waals surface area contributed by atoms with Gasteiger partial charge >= 0.3 is 0 Å². The van der Waals surface area contributed by atoms with Crippen molar-refractivity contribution in [2.45, 2.75) is 30.5 Å². The topological polar surface area (TPSA) is 201 Å². The zero-order valence-electron chi connectivity index (χ0n) is 16.3. The van der Waals surface area contributed by atoms with E-state index < -0.39 is 65.6 Å². The van der Waals surface area contributed by atoms with Crippen LogP contribution < -0.4 is 5.43 Å². The lowest BCUT2D eigenvalue weighted by Gasteiger charge is -2.40. The predicted octanol–water partition coefficient (Wildman–Crippen LogP) is -0.203. The summed E-state index contributed by atoms with van der Waals surface area (Å²) in [7, 11) is 0. The normalized spacial score (nSPS) is 25.8. The van der Waals surface area contributed by atoms with Crippen molar-refractivity contribution in [1.29, 1.82) is 0 Å². The SMILES string of the molecule is O=c1cc(-c2ccc(O)c(O)c2)oc2c([C@H]3O[C@H](CO)[C@H](O)[C@@H](O)[C@H]3O)c(O)cc(O)c12.